The molecule has 0 radical (unpaired) electrons. The predicted octanol–water partition coefficient (Wildman–Crippen LogP) is 2.88. The molecule has 90 valence electrons. The van der Waals surface area contributed by atoms with Gasteiger partial charge in [0.2, 0.25) is 0 Å². The third-order valence-electron chi connectivity index (χ3n) is 4.24. The quantitative estimate of drug-likeness (QED) is 0.760. The van der Waals surface area contributed by atoms with Crippen LogP contribution in [0.4, 0.5) is 0 Å². The molecule has 2 atom stereocenters. The summed E-state index contributed by atoms with van der Waals surface area (Å²) in [5.74, 6) is 0. The Bertz CT molecular complexity index is 394. The number of aliphatic imine (C=N–C) groups is 1. The fourth-order valence-corrected chi connectivity index (χ4v) is 3.32. The van der Waals surface area contributed by atoms with Crippen LogP contribution in [0.5, 0.6) is 0 Å². The second-order valence-corrected chi connectivity index (χ2v) is 5.24. The lowest BCUT2D eigenvalue weighted by molar-refractivity contribution is 0.175. The predicted molar refractivity (Wildman–Crippen MR) is 71.4 cm³/mol. The lowest BCUT2D eigenvalue weighted by Crippen LogP contribution is -2.42. The fraction of sp³-hybridized carbons (Fsp3) is 0.533. The summed E-state index contributed by atoms with van der Waals surface area (Å²) in [6.07, 6.45) is 5.10. The monoisotopic (exact) mass is 228 g/mol. The van der Waals surface area contributed by atoms with Crippen LogP contribution < -0.4 is 0 Å². The maximum Gasteiger partial charge on any atom is 0.0276 e. The van der Waals surface area contributed by atoms with Crippen molar-refractivity contribution in [1.82, 2.24) is 4.90 Å². The normalized spacial score (nSPS) is 28.4. The van der Waals surface area contributed by atoms with Crippen molar-refractivity contribution in [3.8, 4) is 0 Å². The zero-order valence-corrected chi connectivity index (χ0v) is 10.5. The lowest BCUT2D eigenvalue weighted by Gasteiger charge is -2.35. The van der Waals surface area contributed by atoms with Gasteiger partial charge in [0.25, 0.3) is 0 Å². The Labute approximate surface area is 103 Å². The molecule has 2 saturated heterocycles. The lowest BCUT2D eigenvalue weighted by atomic mass is 9.99. The van der Waals surface area contributed by atoms with Crippen LogP contribution in [0.2, 0.25) is 0 Å². The highest BCUT2D eigenvalue weighted by Crippen LogP contribution is 2.35. The maximum atomic E-state index is 4.42. The largest absolute Gasteiger partial charge is 0.297 e. The van der Waals surface area contributed by atoms with Crippen molar-refractivity contribution in [3.05, 3.63) is 35.9 Å². The molecule has 1 aromatic carbocycles. The Kier molecular flexibility index (Phi) is 2.98. The van der Waals surface area contributed by atoms with Crippen molar-refractivity contribution in [2.45, 2.75) is 44.3 Å². The van der Waals surface area contributed by atoms with Crippen LogP contribution in [0.3, 0.4) is 0 Å². The number of fused-ring (bicyclic) bond motifs is 2. The summed E-state index contributed by atoms with van der Waals surface area (Å²) in [5.41, 5.74) is 2.88. The Morgan fingerprint density at radius 3 is 2.35 bits per heavy atom. The van der Waals surface area contributed by atoms with Crippen LogP contribution in [0, 0.1) is 0 Å². The third kappa shape index (κ3) is 2.14. The Morgan fingerprint density at radius 1 is 1.12 bits per heavy atom. The molecule has 2 unspecified atom stereocenters. The van der Waals surface area contributed by atoms with E-state index >= 15 is 0 Å². The molecule has 2 fully saturated rings. The van der Waals surface area contributed by atoms with Gasteiger partial charge in [-0.1, -0.05) is 30.3 Å². The summed E-state index contributed by atoms with van der Waals surface area (Å²) in [5, 5.41) is 0. The Morgan fingerprint density at radius 2 is 1.76 bits per heavy atom. The van der Waals surface area contributed by atoms with Gasteiger partial charge in [-0.25, -0.2) is 0 Å². The topological polar surface area (TPSA) is 15.6 Å². The second kappa shape index (κ2) is 4.61. The molecule has 2 nitrogen and oxygen atoms in total. The number of piperidine rings is 1. The first-order valence-electron chi connectivity index (χ1n) is 6.61. The van der Waals surface area contributed by atoms with Crippen LogP contribution in [0.15, 0.2) is 35.3 Å². The smallest absolute Gasteiger partial charge is 0.0276 e. The molecule has 2 aliphatic rings. The van der Waals surface area contributed by atoms with Crippen LogP contribution in [-0.2, 0) is 6.54 Å². The van der Waals surface area contributed by atoms with E-state index in [1.54, 1.807) is 0 Å². The molecule has 3 rings (SSSR count). The van der Waals surface area contributed by atoms with E-state index in [0.717, 1.165) is 18.6 Å². The number of rotatable bonds is 2. The third-order valence-corrected chi connectivity index (χ3v) is 4.24. The number of hydrogen-bond acceptors (Lipinski definition) is 2. The second-order valence-electron chi connectivity index (χ2n) is 5.24. The molecule has 0 aromatic heterocycles. The molecule has 0 amide bonds. The van der Waals surface area contributed by atoms with Crippen LogP contribution >= 0.6 is 0 Å². The van der Waals surface area contributed by atoms with E-state index in [-0.39, 0.29) is 0 Å². The molecule has 2 bridgehead atoms. The molecule has 0 saturated carbocycles. The molecule has 0 aliphatic carbocycles. The van der Waals surface area contributed by atoms with Gasteiger partial charge in [0.1, 0.15) is 0 Å². The highest BCUT2D eigenvalue weighted by Gasteiger charge is 2.38. The van der Waals surface area contributed by atoms with Gasteiger partial charge in [0.15, 0.2) is 0 Å². The van der Waals surface area contributed by atoms with Gasteiger partial charge in [-0.3, -0.25) is 9.89 Å². The number of hydrogen-bond donors (Lipinski definition) is 0. The van der Waals surface area contributed by atoms with Gasteiger partial charge < -0.3 is 0 Å². The molecule has 17 heavy (non-hydrogen) atoms. The van der Waals surface area contributed by atoms with Gasteiger partial charge >= 0.3 is 0 Å². The van der Waals surface area contributed by atoms with Gasteiger partial charge in [0, 0.05) is 44.2 Å². The SMILES string of the molecule is CN=C1CC2CCC(C1)N2Cc1ccccc1. The molecule has 1 aromatic rings. The van der Waals surface area contributed by atoms with Gasteiger partial charge in [-0.15, -0.1) is 0 Å². The average molecular weight is 228 g/mol. The van der Waals surface area contributed by atoms with E-state index < -0.39 is 0 Å². The molecular formula is C15H20N2. The minimum Gasteiger partial charge on any atom is -0.297 e. The number of benzene rings is 1. The van der Waals surface area contributed by atoms with E-state index in [1.165, 1.54) is 37.0 Å². The van der Waals surface area contributed by atoms with Gasteiger partial charge in [-0.05, 0) is 18.4 Å². The van der Waals surface area contributed by atoms with E-state index in [1.807, 2.05) is 7.05 Å². The fourth-order valence-electron chi connectivity index (χ4n) is 3.32. The van der Waals surface area contributed by atoms with Gasteiger partial charge in [-0.2, -0.15) is 0 Å². The molecule has 0 N–H and O–H groups in total. The van der Waals surface area contributed by atoms with Gasteiger partial charge in [0.05, 0.1) is 0 Å². The Hall–Kier alpha value is -1.15. The standard InChI is InChI=1S/C15H20N2/c1-16-13-9-14-7-8-15(10-13)17(14)11-12-5-3-2-4-6-12/h2-6,14-15H,7-11H2,1H3. The molecular weight excluding hydrogens is 208 g/mol. The zero-order valence-electron chi connectivity index (χ0n) is 10.5. The summed E-state index contributed by atoms with van der Waals surface area (Å²) in [6, 6.07) is 12.3. The van der Waals surface area contributed by atoms with Crippen LogP contribution in [0.25, 0.3) is 0 Å². The van der Waals surface area contributed by atoms with Crippen molar-refractivity contribution in [2.75, 3.05) is 7.05 Å². The summed E-state index contributed by atoms with van der Waals surface area (Å²) < 4.78 is 0. The van der Waals surface area contributed by atoms with E-state index in [4.69, 9.17) is 0 Å². The van der Waals surface area contributed by atoms with Crippen molar-refractivity contribution >= 4 is 5.71 Å². The summed E-state index contributed by atoms with van der Waals surface area (Å²) in [7, 11) is 1.95. The summed E-state index contributed by atoms with van der Waals surface area (Å²) in [6.45, 7) is 1.12. The van der Waals surface area contributed by atoms with E-state index in [0.29, 0.717) is 0 Å². The van der Waals surface area contributed by atoms with E-state index in [9.17, 15) is 0 Å². The van der Waals surface area contributed by atoms with E-state index in [2.05, 4.69) is 40.2 Å². The molecule has 2 heterocycles. The molecule has 2 aliphatic heterocycles. The minimum atomic E-state index is 0.743. The first kappa shape index (κ1) is 11.0. The maximum absolute atomic E-state index is 4.42. The molecule has 2 heteroatoms. The van der Waals surface area contributed by atoms with Crippen molar-refractivity contribution in [1.29, 1.82) is 0 Å². The van der Waals surface area contributed by atoms with Crippen molar-refractivity contribution in [3.63, 3.8) is 0 Å². The van der Waals surface area contributed by atoms with Crippen molar-refractivity contribution in [2.24, 2.45) is 4.99 Å². The highest BCUT2D eigenvalue weighted by molar-refractivity contribution is 5.86. The summed E-state index contributed by atoms with van der Waals surface area (Å²) >= 11 is 0. The minimum absolute atomic E-state index is 0.743. The number of nitrogens with zero attached hydrogens (tertiary/aromatic N) is 2. The van der Waals surface area contributed by atoms with Crippen molar-refractivity contribution < 1.29 is 0 Å². The van der Waals surface area contributed by atoms with Crippen LogP contribution in [0.1, 0.15) is 31.2 Å². The zero-order chi connectivity index (χ0) is 11.7. The first-order valence-corrected chi connectivity index (χ1v) is 6.61. The highest BCUT2D eigenvalue weighted by atomic mass is 15.2. The first-order chi connectivity index (χ1) is 8.36. The average Bonchev–Trinajstić information content (AvgIpc) is 2.63. The van der Waals surface area contributed by atoms with Crippen LogP contribution in [-0.4, -0.2) is 29.7 Å². The summed E-state index contributed by atoms with van der Waals surface area (Å²) in [4.78, 5) is 7.12. The Balaban J connectivity index is 1.74. The molecule has 0 spiro atoms.